The van der Waals surface area contributed by atoms with E-state index < -0.39 is 5.69 Å². The number of nitrogens with one attached hydrogen (secondary N) is 1. The molecule has 0 aliphatic carbocycles. The van der Waals surface area contributed by atoms with E-state index in [4.69, 9.17) is 0 Å². The van der Waals surface area contributed by atoms with Crippen LogP contribution in [0.3, 0.4) is 0 Å². The Morgan fingerprint density at radius 1 is 1.13 bits per heavy atom. The molecule has 2 aromatic heterocycles. The van der Waals surface area contributed by atoms with Gasteiger partial charge in [0, 0.05) is 37.9 Å². The molecule has 1 saturated heterocycles. The van der Waals surface area contributed by atoms with E-state index in [0.29, 0.717) is 36.5 Å². The second kappa shape index (κ2) is 8.29. The number of hydrogen-bond donors (Lipinski definition) is 2. The largest absolute Gasteiger partial charge is 0.493 e. The fraction of sp³-hybridized carbons (Fsp3) is 0.348. The fourth-order valence-corrected chi connectivity index (χ4v) is 4.15. The van der Waals surface area contributed by atoms with Crippen molar-refractivity contribution in [3.05, 3.63) is 69.4 Å². The van der Waals surface area contributed by atoms with Crippen molar-refractivity contribution in [2.75, 3.05) is 31.1 Å². The summed E-state index contributed by atoms with van der Waals surface area (Å²) in [4.78, 5) is 36.2. The molecule has 0 radical (unpaired) electrons. The smallest absolute Gasteiger partial charge is 0.333 e. The van der Waals surface area contributed by atoms with Gasteiger partial charge >= 0.3 is 5.69 Å². The molecule has 0 atom stereocenters. The highest BCUT2D eigenvalue weighted by Crippen LogP contribution is 2.21. The lowest BCUT2D eigenvalue weighted by Crippen LogP contribution is -2.49. The Morgan fingerprint density at radius 3 is 2.42 bits per heavy atom. The van der Waals surface area contributed by atoms with E-state index in [-0.39, 0.29) is 11.8 Å². The van der Waals surface area contributed by atoms with Gasteiger partial charge in [0.25, 0.3) is 5.91 Å². The number of piperazine rings is 1. The Hall–Kier alpha value is -3.55. The van der Waals surface area contributed by atoms with E-state index in [0.717, 1.165) is 30.0 Å². The molecule has 1 aromatic carbocycles. The molecule has 0 spiro atoms. The average Bonchev–Trinajstić information content (AvgIpc) is 3.06. The highest BCUT2D eigenvalue weighted by atomic mass is 16.3. The van der Waals surface area contributed by atoms with Gasteiger partial charge in [-0.25, -0.2) is 9.78 Å². The molecule has 1 fully saturated rings. The van der Waals surface area contributed by atoms with Crippen LogP contribution in [-0.4, -0.2) is 56.6 Å². The molecule has 8 nitrogen and oxygen atoms in total. The molecular formula is C23H27N5O3. The van der Waals surface area contributed by atoms with Crippen LogP contribution in [0.5, 0.6) is 5.88 Å². The van der Waals surface area contributed by atoms with E-state index in [2.05, 4.69) is 27.9 Å². The summed E-state index contributed by atoms with van der Waals surface area (Å²) in [5.41, 5.74) is 3.59. The number of aromatic hydroxyl groups is 1. The third-order valence-electron chi connectivity index (χ3n) is 5.73. The summed E-state index contributed by atoms with van der Waals surface area (Å²) < 4.78 is 1.43. The number of aromatic amines is 1. The second-order valence-corrected chi connectivity index (χ2v) is 7.89. The topological polar surface area (TPSA) is 94.5 Å². The van der Waals surface area contributed by atoms with Gasteiger partial charge < -0.3 is 14.9 Å². The van der Waals surface area contributed by atoms with E-state index in [1.165, 1.54) is 4.57 Å². The quantitative estimate of drug-likeness (QED) is 0.675. The Balaban J connectivity index is 1.46. The van der Waals surface area contributed by atoms with Crippen molar-refractivity contribution in [3.8, 4) is 11.6 Å². The van der Waals surface area contributed by atoms with Crippen molar-refractivity contribution in [2.45, 2.75) is 27.2 Å². The van der Waals surface area contributed by atoms with Gasteiger partial charge in [-0.15, -0.1) is 0 Å². The SMILES string of the molecule is CCc1c(O)[nH]c(=O)n1-c1ccc(C(=O)N2CCN(c3ncc(C)cc3C)CC2)cc1. The highest BCUT2D eigenvalue weighted by molar-refractivity contribution is 5.94. The lowest BCUT2D eigenvalue weighted by Gasteiger charge is -2.36. The molecule has 3 heterocycles. The van der Waals surface area contributed by atoms with Crippen LogP contribution in [0.15, 0.2) is 41.3 Å². The van der Waals surface area contributed by atoms with Crippen LogP contribution in [0.25, 0.3) is 5.69 Å². The number of carbonyl (C=O) groups excluding carboxylic acids is 1. The first-order valence-corrected chi connectivity index (χ1v) is 10.5. The number of aromatic nitrogens is 3. The molecule has 4 rings (SSSR count). The minimum absolute atomic E-state index is 0.0280. The van der Waals surface area contributed by atoms with Crippen LogP contribution in [0.1, 0.15) is 34.1 Å². The van der Waals surface area contributed by atoms with Crippen LogP contribution < -0.4 is 10.6 Å². The Morgan fingerprint density at radius 2 is 1.81 bits per heavy atom. The summed E-state index contributed by atoms with van der Waals surface area (Å²) in [6.07, 6.45) is 2.38. The minimum atomic E-state index is -0.399. The fourth-order valence-electron chi connectivity index (χ4n) is 4.15. The number of aryl methyl sites for hydroxylation is 2. The Labute approximate surface area is 180 Å². The Bertz CT molecular complexity index is 1150. The van der Waals surface area contributed by atoms with Crippen molar-refractivity contribution in [2.24, 2.45) is 0 Å². The van der Waals surface area contributed by atoms with Crippen molar-refractivity contribution in [1.29, 1.82) is 0 Å². The number of pyridine rings is 1. The number of nitrogens with zero attached hydrogens (tertiary/aromatic N) is 4. The molecule has 8 heteroatoms. The predicted molar refractivity (Wildman–Crippen MR) is 119 cm³/mol. The molecule has 1 amide bonds. The number of hydrogen-bond acceptors (Lipinski definition) is 5. The number of carbonyl (C=O) groups is 1. The summed E-state index contributed by atoms with van der Waals surface area (Å²) in [6, 6.07) is 9.05. The van der Waals surface area contributed by atoms with Crippen molar-refractivity contribution in [3.63, 3.8) is 0 Å². The Kier molecular flexibility index (Phi) is 5.54. The highest BCUT2D eigenvalue weighted by Gasteiger charge is 2.24. The van der Waals surface area contributed by atoms with Crippen LogP contribution in [-0.2, 0) is 6.42 Å². The van der Waals surface area contributed by atoms with Crippen LogP contribution in [0.4, 0.5) is 5.82 Å². The van der Waals surface area contributed by atoms with E-state index in [1.807, 2.05) is 24.9 Å². The maximum Gasteiger partial charge on any atom is 0.333 e. The van der Waals surface area contributed by atoms with Gasteiger partial charge in [-0.1, -0.05) is 13.0 Å². The van der Waals surface area contributed by atoms with Gasteiger partial charge in [0.05, 0.1) is 11.4 Å². The molecule has 0 unspecified atom stereocenters. The number of amides is 1. The number of anilines is 1. The zero-order valence-electron chi connectivity index (χ0n) is 18.1. The zero-order chi connectivity index (χ0) is 22.1. The molecule has 1 aliphatic rings. The minimum Gasteiger partial charge on any atom is -0.493 e. The molecule has 1 aliphatic heterocycles. The molecule has 0 saturated carbocycles. The second-order valence-electron chi connectivity index (χ2n) is 7.89. The monoisotopic (exact) mass is 421 g/mol. The maximum atomic E-state index is 13.0. The van der Waals surface area contributed by atoms with Gasteiger partial charge in [0.15, 0.2) is 0 Å². The van der Waals surface area contributed by atoms with Gasteiger partial charge in [-0.3, -0.25) is 14.3 Å². The van der Waals surface area contributed by atoms with Gasteiger partial charge in [0.1, 0.15) is 5.82 Å². The first-order valence-electron chi connectivity index (χ1n) is 10.5. The van der Waals surface area contributed by atoms with Crippen LogP contribution >= 0.6 is 0 Å². The number of imidazole rings is 1. The first-order chi connectivity index (χ1) is 14.9. The van der Waals surface area contributed by atoms with E-state index >= 15 is 0 Å². The molecule has 2 N–H and O–H groups in total. The number of rotatable bonds is 4. The van der Waals surface area contributed by atoms with Crippen molar-refractivity contribution >= 4 is 11.7 Å². The number of H-pyrrole nitrogens is 1. The average molecular weight is 422 g/mol. The van der Waals surface area contributed by atoms with E-state index in [1.54, 1.807) is 24.3 Å². The third kappa shape index (κ3) is 3.93. The summed E-state index contributed by atoms with van der Waals surface area (Å²) >= 11 is 0. The van der Waals surface area contributed by atoms with Crippen LogP contribution in [0.2, 0.25) is 0 Å². The molecule has 162 valence electrons. The third-order valence-corrected chi connectivity index (χ3v) is 5.73. The van der Waals surface area contributed by atoms with Crippen molar-refractivity contribution < 1.29 is 9.90 Å². The van der Waals surface area contributed by atoms with Gasteiger partial charge in [0.2, 0.25) is 5.88 Å². The zero-order valence-corrected chi connectivity index (χ0v) is 18.1. The molecular weight excluding hydrogens is 394 g/mol. The van der Waals surface area contributed by atoms with Crippen LogP contribution in [0, 0.1) is 13.8 Å². The molecule has 3 aromatic rings. The lowest BCUT2D eigenvalue weighted by atomic mass is 10.1. The summed E-state index contributed by atoms with van der Waals surface area (Å²) in [7, 11) is 0. The summed E-state index contributed by atoms with van der Waals surface area (Å²) in [5, 5.41) is 9.88. The van der Waals surface area contributed by atoms with Gasteiger partial charge in [-0.05, 0) is 55.7 Å². The maximum absolute atomic E-state index is 13.0. The predicted octanol–water partition coefficient (Wildman–Crippen LogP) is 2.41. The molecule has 31 heavy (non-hydrogen) atoms. The van der Waals surface area contributed by atoms with Gasteiger partial charge in [-0.2, -0.15) is 0 Å². The number of benzene rings is 1. The first kappa shape index (κ1) is 20.7. The summed E-state index contributed by atoms with van der Waals surface area (Å²) in [5.74, 6) is 0.831. The molecule has 0 bridgehead atoms. The van der Waals surface area contributed by atoms with Crippen molar-refractivity contribution in [1.82, 2.24) is 19.4 Å². The standard InChI is InChI=1S/C23H27N5O3/c1-4-19-21(29)25-23(31)28(19)18-7-5-17(6-8-18)22(30)27-11-9-26(10-12-27)20-16(3)13-15(2)14-24-20/h5-8,13-14,29H,4,9-12H2,1-3H3,(H,25,31). The lowest BCUT2D eigenvalue weighted by molar-refractivity contribution is 0.0746. The normalized spacial score (nSPS) is 14.2. The summed E-state index contributed by atoms with van der Waals surface area (Å²) in [6.45, 7) is 8.68. The van der Waals surface area contributed by atoms with E-state index in [9.17, 15) is 14.7 Å².